The topological polar surface area (TPSA) is 47.8 Å². The van der Waals surface area contributed by atoms with Gasteiger partial charge >= 0.3 is 0 Å². The molecule has 5 rings (SSSR count). The monoisotopic (exact) mass is 385 g/mol. The SMILES string of the molecule is O=C(CSc1nnc(C2CC2)n1-c1ccccc1)c1ccc2ccccc2c1. The van der Waals surface area contributed by atoms with Crippen molar-refractivity contribution in [1.82, 2.24) is 14.8 Å². The summed E-state index contributed by atoms with van der Waals surface area (Å²) >= 11 is 1.46. The van der Waals surface area contributed by atoms with E-state index in [0.717, 1.165) is 45.8 Å². The maximum atomic E-state index is 12.8. The summed E-state index contributed by atoms with van der Waals surface area (Å²) in [6.45, 7) is 0. The van der Waals surface area contributed by atoms with Crippen LogP contribution in [0.1, 0.15) is 34.9 Å². The van der Waals surface area contributed by atoms with Gasteiger partial charge in [-0.1, -0.05) is 66.4 Å². The molecule has 5 heteroatoms. The zero-order chi connectivity index (χ0) is 18.9. The Labute approximate surface area is 167 Å². The number of hydrogen-bond donors (Lipinski definition) is 0. The maximum absolute atomic E-state index is 12.8. The molecule has 0 unspecified atom stereocenters. The van der Waals surface area contributed by atoms with Crippen LogP contribution in [0.15, 0.2) is 78.0 Å². The Balaban J connectivity index is 1.39. The minimum absolute atomic E-state index is 0.103. The third-order valence-electron chi connectivity index (χ3n) is 5.02. The molecule has 0 spiro atoms. The first kappa shape index (κ1) is 17.2. The first-order valence-corrected chi connectivity index (χ1v) is 10.4. The van der Waals surface area contributed by atoms with Crippen molar-refractivity contribution in [2.24, 2.45) is 0 Å². The van der Waals surface area contributed by atoms with Crippen LogP contribution in [0.4, 0.5) is 0 Å². The number of aromatic nitrogens is 3. The van der Waals surface area contributed by atoms with Crippen molar-refractivity contribution in [2.45, 2.75) is 23.9 Å². The van der Waals surface area contributed by atoms with Crippen molar-refractivity contribution in [3.8, 4) is 5.69 Å². The molecule has 0 radical (unpaired) electrons. The number of rotatable bonds is 6. The molecule has 28 heavy (non-hydrogen) atoms. The molecule has 1 fully saturated rings. The number of para-hydroxylation sites is 1. The molecular formula is C23H19N3OS. The van der Waals surface area contributed by atoms with Crippen molar-refractivity contribution in [3.05, 3.63) is 84.2 Å². The summed E-state index contributed by atoms with van der Waals surface area (Å²) in [5, 5.41) is 11.8. The lowest BCUT2D eigenvalue weighted by atomic mass is 10.1. The standard InChI is InChI=1S/C23H19N3OS/c27-21(19-13-10-16-6-4-5-7-18(16)14-19)15-28-23-25-24-22(17-11-12-17)26(23)20-8-2-1-3-9-20/h1-10,13-14,17H,11-12,15H2. The molecule has 0 aliphatic heterocycles. The van der Waals surface area contributed by atoms with Crippen LogP contribution in [-0.4, -0.2) is 26.3 Å². The third-order valence-corrected chi connectivity index (χ3v) is 5.95. The summed E-state index contributed by atoms with van der Waals surface area (Å²) < 4.78 is 2.11. The second kappa shape index (κ2) is 7.24. The van der Waals surface area contributed by atoms with Crippen LogP contribution in [0, 0.1) is 0 Å². The molecule has 1 heterocycles. The third kappa shape index (κ3) is 3.34. The fraction of sp³-hybridized carbons (Fsp3) is 0.174. The number of benzene rings is 3. The quantitative estimate of drug-likeness (QED) is 0.335. The van der Waals surface area contributed by atoms with E-state index in [0.29, 0.717) is 11.7 Å². The molecular weight excluding hydrogens is 366 g/mol. The molecule has 1 aliphatic rings. The minimum atomic E-state index is 0.103. The van der Waals surface area contributed by atoms with E-state index >= 15 is 0 Å². The summed E-state index contributed by atoms with van der Waals surface area (Å²) in [4.78, 5) is 12.8. The van der Waals surface area contributed by atoms with Gasteiger partial charge in [0.25, 0.3) is 0 Å². The van der Waals surface area contributed by atoms with Crippen LogP contribution in [0.2, 0.25) is 0 Å². The number of carbonyl (C=O) groups is 1. The Hall–Kier alpha value is -2.92. The van der Waals surface area contributed by atoms with E-state index in [-0.39, 0.29) is 5.78 Å². The van der Waals surface area contributed by atoms with Gasteiger partial charge in [0.15, 0.2) is 10.9 Å². The molecule has 0 bridgehead atoms. The highest BCUT2D eigenvalue weighted by Gasteiger charge is 2.31. The van der Waals surface area contributed by atoms with E-state index in [2.05, 4.69) is 33.0 Å². The zero-order valence-corrected chi connectivity index (χ0v) is 16.1. The van der Waals surface area contributed by atoms with E-state index in [1.807, 2.05) is 54.6 Å². The number of thioether (sulfide) groups is 1. The molecule has 1 saturated carbocycles. The van der Waals surface area contributed by atoms with Gasteiger partial charge in [-0.3, -0.25) is 9.36 Å². The largest absolute Gasteiger partial charge is 0.293 e. The molecule has 0 atom stereocenters. The molecule has 1 aliphatic carbocycles. The highest BCUT2D eigenvalue weighted by atomic mass is 32.2. The molecule has 0 saturated heterocycles. The average Bonchev–Trinajstić information content (AvgIpc) is 3.51. The van der Waals surface area contributed by atoms with Crippen LogP contribution in [0.3, 0.4) is 0 Å². The molecule has 0 amide bonds. The molecule has 0 N–H and O–H groups in total. The molecule has 4 nitrogen and oxygen atoms in total. The normalized spacial score (nSPS) is 13.7. The lowest BCUT2D eigenvalue weighted by molar-refractivity contribution is 0.102. The van der Waals surface area contributed by atoms with E-state index in [1.165, 1.54) is 11.8 Å². The number of nitrogens with zero attached hydrogens (tertiary/aromatic N) is 3. The molecule has 138 valence electrons. The van der Waals surface area contributed by atoms with Gasteiger partial charge in [0.2, 0.25) is 0 Å². The van der Waals surface area contributed by atoms with Crippen molar-refractivity contribution in [2.75, 3.05) is 5.75 Å². The average molecular weight is 385 g/mol. The predicted molar refractivity (Wildman–Crippen MR) is 112 cm³/mol. The van der Waals surface area contributed by atoms with Crippen molar-refractivity contribution < 1.29 is 4.79 Å². The van der Waals surface area contributed by atoms with Gasteiger partial charge in [0.1, 0.15) is 5.82 Å². The van der Waals surface area contributed by atoms with Crippen LogP contribution < -0.4 is 0 Å². The van der Waals surface area contributed by atoms with E-state index < -0.39 is 0 Å². The lowest BCUT2D eigenvalue weighted by Gasteiger charge is -2.09. The number of Topliss-reactive ketones (excluding diaryl/α,β-unsaturated/α-hetero) is 1. The van der Waals surface area contributed by atoms with Crippen LogP contribution in [0.25, 0.3) is 16.5 Å². The number of ketones is 1. The van der Waals surface area contributed by atoms with E-state index in [9.17, 15) is 4.79 Å². The Kier molecular flexibility index (Phi) is 4.45. The fourth-order valence-corrected chi connectivity index (χ4v) is 4.23. The summed E-state index contributed by atoms with van der Waals surface area (Å²) in [5.41, 5.74) is 1.79. The number of carbonyl (C=O) groups excluding carboxylic acids is 1. The van der Waals surface area contributed by atoms with E-state index in [4.69, 9.17) is 0 Å². The summed E-state index contributed by atoms with van der Waals surface area (Å²) in [7, 11) is 0. The van der Waals surface area contributed by atoms with Gasteiger partial charge in [-0.05, 0) is 41.8 Å². The minimum Gasteiger partial charge on any atom is -0.293 e. The van der Waals surface area contributed by atoms with E-state index in [1.54, 1.807) is 0 Å². The Bertz CT molecular complexity index is 1150. The van der Waals surface area contributed by atoms with Gasteiger partial charge in [-0.25, -0.2) is 0 Å². The Morgan fingerprint density at radius 1 is 0.929 bits per heavy atom. The maximum Gasteiger partial charge on any atom is 0.196 e. The van der Waals surface area contributed by atoms with Gasteiger partial charge in [-0.2, -0.15) is 0 Å². The Morgan fingerprint density at radius 3 is 2.46 bits per heavy atom. The van der Waals surface area contributed by atoms with Crippen LogP contribution in [-0.2, 0) is 0 Å². The molecule has 1 aromatic heterocycles. The van der Waals surface area contributed by atoms with Gasteiger partial charge in [0, 0.05) is 17.2 Å². The second-order valence-corrected chi connectivity index (χ2v) is 8.00. The van der Waals surface area contributed by atoms with Gasteiger partial charge in [0.05, 0.1) is 5.75 Å². The van der Waals surface area contributed by atoms with Crippen LogP contribution in [0.5, 0.6) is 0 Å². The zero-order valence-electron chi connectivity index (χ0n) is 15.3. The van der Waals surface area contributed by atoms with Gasteiger partial charge in [-0.15, -0.1) is 10.2 Å². The van der Waals surface area contributed by atoms with Crippen molar-refractivity contribution >= 4 is 28.3 Å². The molecule has 4 aromatic rings. The first-order valence-electron chi connectivity index (χ1n) is 9.45. The van der Waals surface area contributed by atoms with Crippen LogP contribution >= 0.6 is 11.8 Å². The second-order valence-electron chi connectivity index (χ2n) is 7.06. The summed E-state index contributed by atoms with van der Waals surface area (Å²) in [5.74, 6) is 1.94. The fourth-order valence-electron chi connectivity index (χ4n) is 3.38. The summed E-state index contributed by atoms with van der Waals surface area (Å²) in [6, 6.07) is 24.1. The van der Waals surface area contributed by atoms with Crippen molar-refractivity contribution in [3.63, 3.8) is 0 Å². The summed E-state index contributed by atoms with van der Waals surface area (Å²) in [6.07, 6.45) is 2.32. The molecule has 3 aromatic carbocycles. The predicted octanol–water partition coefficient (Wildman–Crippen LogP) is 5.27. The number of fused-ring (bicyclic) bond motifs is 1. The highest BCUT2D eigenvalue weighted by Crippen LogP contribution is 2.41. The number of hydrogen-bond acceptors (Lipinski definition) is 4. The van der Waals surface area contributed by atoms with Gasteiger partial charge < -0.3 is 0 Å². The van der Waals surface area contributed by atoms with Crippen molar-refractivity contribution in [1.29, 1.82) is 0 Å². The first-order chi connectivity index (χ1) is 13.8. The Morgan fingerprint density at radius 2 is 1.68 bits per heavy atom. The smallest absolute Gasteiger partial charge is 0.196 e. The lowest BCUT2D eigenvalue weighted by Crippen LogP contribution is -2.05. The highest BCUT2D eigenvalue weighted by molar-refractivity contribution is 7.99.